The number of hydrogen-bond donors (Lipinski definition) is 0. The molecule has 130 valence electrons. The first-order valence-electron chi connectivity index (χ1n) is 8.63. The maximum atomic E-state index is 13.2. The molecule has 0 N–H and O–H groups in total. The van der Waals surface area contributed by atoms with E-state index in [2.05, 4.69) is 0 Å². The van der Waals surface area contributed by atoms with Gasteiger partial charge in [-0.25, -0.2) is 4.79 Å². The molecule has 1 heterocycles. The molecule has 0 fully saturated rings. The normalized spacial score (nSPS) is 10.5. The first-order valence-corrected chi connectivity index (χ1v) is 8.63. The number of benzene rings is 3. The van der Waals surface area contributed by atoms with Gasteiger partial charge in [0.05, 0.1) is 5.56 Å². The highest BCUT2D eigenvalue weighted by atomic mass is 16.4. The summed E-state index contributed by atoms with van der Waals surface area (Å²) in [5.74, 6) is 0.166. The standard InChI is InChI=1S/C24H16O3/c25-23(19-14-8-3-9-15-19)20-16-21(17-10-4-1-5-11-17)27-24(26)22(20)18-12-6-2-7-13-18/h1-16H. The van der Waals surface area contributed by atoms with E-state index in [0.29, 0.717) is 22.5 Å². The van der Waals surface area contributed by atoms with E-state index in [1.165, 1.54) is 0 Å². The molecule has 3 heteroatoms. The van der Waals surface area contributed by atoms with Crippen LogP contribution in [0, 0.1) is 0 Å². The number of carbonyl (C=O) groups is 1. The molecular weight excluding hydrogens is 336 g/mol. The van der Waals surface area contributed by atoms with Gasteiger partial charge in [0, 0.05) is 16.7 Å². The summed E-state index contributed by atoms with van der Waals surface area (Å²) < 4.78 is 5.57. The molecular formula is C24H16O3. The second-order valence-electron chi connectivity index (χ2n) is 6.11. The molecule has 3 nitrogen and oxygen atoms in total. The fraction of sp³-hybridized carbons (Fsp3) is 0. The first kappa shape index (κ1) is 16.7. The minimum Gasteiger partial charge on any atom is -0.422 e. The molecule has 0 spiro atoms. The van der Waals surface area contributed by atoms with Gasteiger partial charge in [-0.15, -0.1) is 0 Å². The lowest BCUT2D eigenvalue weighted by molar-refractivity contribution is 0.103. The fourth-order valence-electron chi connectivity index (χ4n) is 3.04. The Balaban J connectivity index is 1.97. The largest absolute Gasteiger partial charge is 0.422 e. The van der Waals surface area contributed by atoms with E-state index in [1.807, 2.05) is 54.6 Å². The minimum atomic E-state index is -0.526. The van der Waals surface area contributed by atoms with Crippen LogP contribution in [0.25, 0.3) is 22.5 Å². The summed E-state index contributed by atoms with van der Waals surface area (Å²) in [4.78, 5) is 26.0. The third-order valence-corrected chi connectivity index (χ3v) is 4.35. The van der Waals surface area contributed by atoms with Crippen molar-refractivity contribution >= 4 is 5.78 Å². The summed E-state index contributed by atoms with van der Waals surface area (Å²) >= 11 is 0. The average Bonchev–Trinajstić information content (AvgIpc) is 2.74. The molecule has 0 amide bonds. The van der Waals surface area contributed by atoms with Gasteiger partial charge in [0.2, 0.25) is 0 Å². The second kappa shape index (κ2) is 7.26. The van der Waals surface area contributed by atoms with Crippen LogP contribution in [0.3, 0.4) is 0 Å². The SMILES string of the molecule is O=C(c1ccccc1)c1cc(-c2ccccc2)oc(=O)c1-c1ccccc1. The molecule has 4 rings (SSSR count). The van der Waals surface area contributed by atoms with Crippen LogP contribution in [-0.4, -0.2) is 5.78 Å². The van der Waals surface area contributed by atoms with Crippen molar-refractivity contribution in [1.29, 1.82) is 0 Å². The molecule has 0 aliphatic heterocycles. The minimum absolute atomic E-state index is 0.209. The zero-order chi connectivity index (χ0) is 18.6. The number of carbonyl (C=O) groups excluding carboxylic acids is 1. The molecule has 0 saturated heterocycles. The molecule has 0 saturated carbocycles. The quantitative estimate of drug-likeness (QED) is 0.474. The third-order valence-electron chi connectivity index (χ3n) is 4.35. The summed E-state index contributed by atoms with van der Waals surface area (Å²) in [5, 5.41) is 0. The summed E-state index contributed by atoms with van der Waals surface area (Å²) in [6.45, 7) is 0. The van der Waals surface area contributed by atoms with Crippen molar-refractivity contribution < 1.29 is 9.21 Å². The van der Waals surface area contributed by atoms with E-state index in [9.17, 15) is 9.59 Å². The molecule has 3 aromatic carbocycles. The van der Waals surface area contributed by atoms with E-state index in [4.69, 9.17) is 4.42 Å². The Bertz CT molecular complexity index is 1130. The van der Waals surface area contributed by atoms with Gasteiger partial charge in [-0.3, -0.25) is 4.79 Å². The van der Waals surface area contributed by atoms with Gasteiger partial charge in [-0.2, -0.15) is 0 Å². The van der Waals surface area contributed by atoms with Gasteiger partial charge in [0.1, 0.15) is 5.76 Å². The van der Waals surface area contributed by atoms with Crippen molar-refractivity contribution in [3.8, 4) is 22.5 Å². The lowest BCUT2D eigenvalue weighted by Crippen LogP contribution is -2.13. The highest BCUT2D eigenvalue weighted by Crippen LogP contribution is 2.27. The van der Waals surface area contributed by atoms with E-state index in [1.54, 1.807) is 42.5 Å². The van der Waals surface area contributed by atoms with Crippen LogP contribution in [0.15, 0.2) is 106 Å². The number of rotatable bonds is 4. The topological polar surface area (TPSA) is 47.3 Å². The molecule has 0 radical (unpaired) electrons. The van der Waals surface area contributed by atoms with Crippen LogP contribution in [0.5, 0.6) is 0 Å². The van der Waals surface area contributed by atoms with E-state index in [0.717, 1.165) is 5.56 Å². The Morgan fingerprint density at radius 2 is 1.19 bits per heavy atom. The zero-order valence-corrected chi connectivity index (χ0v) is 14.5. The summed E-state index contributed by atoms with van der Waals surface area (Å²) in [6.07, 6.45) is 0. The Kier molecular flexibility index (Phi) is 4.50. The van der Waals surface area contributed by atoms with E-state index < -0.39 is 5.63 Å². The molecule has 0 atom stereocenters. The van der Waals surface area contributed by atoms with Crippen molar-refractivity contribution in [2.24, 2.45) is 0 Å². The highest BCUT2D eigenvalue weighted by molar-refractivity contribution is 6.13. The molecule has 0 bridgehead atoms. The van der Waals surface area contributed by atoms with Crippen LogP contribution >= 0.6 is 0 Å². The lowest BCUT2D eigenvalue weighted by Gasteiger charge is -2.10. The van der Waals surface area contributed by atoms with E-state index in [-0.39, 0.29) is 11.3 Å². The van der Waals surface area contributed by atoms with Crippen molar-refractivity contribution in [1.82, 2.24) is 0 Å². The van der Waals surface area contributed by atoms with Crippen molar-refractivity contribution in [2.45, 2.75) is 0 Å². The smallest absolute Gasteiger partial charge is 0.344 e. The predicted molar refractivity (Wildman–Crippen MR) is 106 cm³/mol. The van der Waals surface area contributed by atoms with Gasteiger partial charge >= 0.3 is 5.63 Å². The lowest BCUT2D eigenvalue weighted by atomic mass is 9.94. The van der Waals surface area contributed by atoms with E-state index >= 15 is 0 Å². The van der Waals surface area contributed by atoms with Crippen LogP contribution in [0.2, 0.25) is 0 Å². The fourth-order valence-corrected chi connectivity index (χ4v) is 3.04. The Labute approximate surface area is 156 Å². The number of ketones is 1. The highest BCUT2D eigenvalue weighted by Gasteiger charge is 2.21. The molecule has 0 aliphatic carbocycles. The molecule has 0 unspecified atom stereocenters. The molecule has 4 aromatic rings. The van der Waals surface area contributed by atoms with Gasteiger partial charge in [0.25, 0.3) is 0 Å². The van der Waals surface area contributed by atoms with Gasteiger partial charge in [-0.1, -0.05) is 91.0 Å². The van der Waals surface area contributed by atoms with Gasteiger partial charge < -0.3 is 4.42 Å². The average molecular weight is 352 g/mol. The van der Waals surface area contributed by atoms with Crippen LogP contribution < -0.4 is 5.63 Å². The molecule has 27 heavy (non-hydrogen) atoms. The molecule has 1 aromatic heterocycles. The second-order valence-corrected chi connectivity index (χ2v) is 6.11. The Morgan fingerprint density at radius 3 is 1.78 bits per heavy atom. The van der Waals surface area contributed by atoms with Crippen molar-refractivity contribution in [2.75, 3.05) is 0 Å². The maximum Gasteiger partial charge on any atom is 0.344 e. The van der Waals surface area contributed by atoms with Gasteiger partial charge in [-0.05, 0) is 11.6 Å². The van der Waals surface area contributed by atoms with Crippen molar-refractivity contribution in [3.63, 3.8) is 0 Å². The summed E-state index contributed by atoms with van der Waals surface area (Å²) in [5.41, 5.74) is 2.02. The predicted octanol–water partition coefficient (Wildman–Crippen LogP) is 5.20. The van der Waals surface area contributed by atoms with Crippen LogP contribution in [0.4, 0.5) is 0 Å². The Morgan fingerprint density at radius 1 is 0.667 bits per heavy atom. The first-order chi connectivity index (χ1) is 13.2. The van der Waals surface area contributed by atoms with Crippen LogP contribution in [0.1, 0.15) is 15.9 Å². The maximum absolute atomic E-state index is 13.2. The Hall–Kier alpha value is -3.72. The van der Waals surface area contributed by atoms with Crippen LogP contribution in [-0.2, 0) is 0 Å². The summed E-state index contributed by atoms with van der Waals surface area (Å²) in [7, 11) is 0. The monoisotopic (exact) mass is 352 g/mol. The molecule has 0 aliphatic rings. The van der Waals surface area contributed by atoms with Gasteiger partial charge in [0.15, 0.2) is 5.78 Å². The number of hydrogen-bond acceptors (Lipinski definition) is 3. The third kappa shape index (κ3) is 3.35. The zero-order valence-electron chi connectivity index (χ0n) is 14.5. The van der Waals surface area contributed by atoms with Crippen molar-refractivity contribution in [3.05, 3.63) is 119 Å². The summed E-state index contributed by atoms with van der Waals surface area (Å²) in [6, 6.07) is 29.0.